The van der Waals surface area contributed by atoms with E-state index in [1.807, 2.05) is 38.1 Å². The summed E-state index contributed by atoms with van der Waals surface area (Å²) in [5.41, 5.74) is 3.33. The zero-order valence-electron chi connectivity index (χ0n) is 14.4. The van der Waals surface area contributed by atoms with E-state index < -0.39 is 0 Å². The molecule has 5 heteroatoms. The molecule has 1 aliphatic rings. The molecule has 126 valence electrons. The lowest BCUT2D eigenvalue weighted by atomic mass is 9.99. The molecule has 2 amide bonds. The molecule has 2 heterocycles. The summed E-state index contributed by atoms with van der Waals surface area (Å²) in [6.07, 6.45) is 2.61. The molecule has 1 fully saturated rings. The van der Waals surface area contributed by atoms with Gasteiger partial charge in [-0.3, -0.25) is 14.6 Å². The van der Waals surface area contributed by atoms with Crippen molar-refractivity contribution < 1.29 is 9.59 Å². The van der Waals surface area contributed by atoms with Gasteiger partial charge in [0.05, 0.1) is 16.8 Å². The number of pyridine rings is 1. The number of carbonyl (C=O) groups excluding carboxylic acids is 2. The summed E-state index contributed by atoms with van der Waals surface area (Å²) in [7, 11) is 1.62. The SMILES string of the molecule is CNC(=O)[C@H]1CCCCN1C(=O)c1cc2ccc(C)cc2nc1C. The molecule has 0 radical (unpaired) electrons. The largest absolute Gasteiger partial charge is 0.357 e. The van der Waals surface area contributed by atoms with Crippen molar-refractivity contribution in [2.75, 3.05) is 13.6 Å². The number of aromatic nitrogens is 1. The topological polar surface area (TPSA) is 62.3 Å². The quantitative estimate of drug-likeness (QED) is 0.923. The highest BCUT2D eigenvalue weighted by molar-refractivity contribution is 6.01. The minimum atomic E-state index is -0.385. The summed E-state index contributed by atoms with van der Waals surface area (Å²) < 4.78 is 0. The highest BCUT2D eigenvalue weighted by Crippen LogP contribution is 2.23. The first-order valence-corrected chi connectivity index (χ1v) is 8.42. The van der Waals surface area contributed by atoms with Crippen LogP contribution in [0.2, 0.25) is 0 Å². The van der Waals surface area contributed by atoms with E-state index in [-0.39, 0.29) is 17.9 Å². The Labute approximate surface area is 142 Å². The predicted molar refractivity (Wildman–Crippen MR) is 94.0 cm³/mol. The molecule has 5 nitrogen and oxygen atoms in total. The number of amides is 2. The van der Waals surface area contributed by atoms with Gasteiger partial charge in [0.2, 0.25) is 5.91 Å². The summed E-state index contributed by atoms with van der Waals surface area (Å²) in [6.45, 7) is 4.49. The molecule has 1 N–H and O–H groups in total. The smallest absolute Gasteiger partial charge is 0.256 e. The number of rotatable bonds is 2. The van der Waals surface area contributed by atoms with Crippen LogP contribution in [0.4, 0.5) is 0 Å². The number of aryl methyl sites for hydroxylation is 2. The van der Waals surface area contributed by atoms with E-state index in [9.17, 15) is 9.59 Å². The number of likely N-dealkylation sites (tertiary alicyclic amines) is 1. The van der Waals surface area contributed by atoms with Crippen LogP contribution in [-0.4, -0.2) is 41.3 Å². The molecule has 1 aromatic heterocycles. The molecular formula is C19H23N3O2. The van der Waals surface area contributed by atoms with Crippen LogP contribution in [0.15, 0.2) is 24.3 Å². The number of hydrogen-bond acceptors (Lipinski definition) is 3. The molecule has 3 rings (SSSR count). The number of hydrogen-bond donors (Lipinski definition) is 1. The molecule has 0 unspecified atom stereocenters. The monoisotopic (exact) mass is 325 g/mol. The molecule has 24 heavy (non-hydrogen) atoms. The highest BCUT2D eigenvalue weighted by atomic mass is 16.2. The minimum absolute atomic E-state index is 0.0925. The summed E-state index contributed by atoms with van der Waals surface area (Å²) >= 11 is 0. The van der Waals surface area contributed by atoms with Gasteiger partial charge in [0, 0.05) is 19.0 Å². The molecule has 0 bridgehead atoms. The molecule has 1 atom stereocenters. The zero-order chi connectivity index (χ0) is 17.3. The van der Waals surface area contributed by atoms with Crippen molar-refractivity contribution in [3.8, 4) is 0 Å². The van der Waals surface area contributed by atoms with Gasteiger partial charge in [-0.05, 0) is 50.8 Å². The van der Waals surface area contributed by atoms with Gasteiger partial charge in [-0.2, -0.15) is 0 Å². The van der Waals surface area contributed by atoms with E-state index in [1.54, 1.807) is 11.9 Å². The summed E-state index contributed by atoms with van der Waals surface area (Å²) in [5.74, 6) is -0.194. The first-order chi connectivity index (χ1) is 11.5. The molecule has 0 spiro atoms. The van der Waals surface area contributed by atoms with Crippen LogP contribution in [0.25, 0.3) is 10.9 Å². The lowest BCUT2D eigenvalue weighted by molar-refractivity contribution is -0.126. The Kier molecular flexibility index (Phi) is 4.51. The van der Waals surface area contributed by atoms with Crippen molar-refractivity contribution in [2.45, 2.75) is 39.2 Å². The highest BCUT2D eigenvalue weighted by Gasteiger charge is 2.32. The second-order valence-electron chi connectivity index (χ2n) is 6.44. The zero-order valence-corrected chi connectivity index (χ0v) is 14.4. The third-order valence-electron chi connectivity index (χ3n) is 4.71. The van der Waals surface area contributed by atoms with Crippen molar-refractivity contribution >= 4 is 22.7 Å². The van der Waals surface area contributed by atoms with E-state index in [0.29, 0.717) is 24.2 Å². The Balaban J connectivity index is 1.99. The Morgan fingerprint density at radius 3 is 2.75 bits per heavy atom. The van der Waals surface area contributed by atoms with Gasteiger partial charge in [0.15, 0.2) is 0 Å². The van der Waals surface area contributed by atoms with Crippen LogP contribution >= 0.6 is 0 Å². The van der Waals surface area contributed by atoms with Crippen LogP contribution in [0.1, 0.15) is 40.9 Å². The molecule has 0 saturated carbocycles. The number of carbonyl (C=O) groups is 2. The Hall–Kier alpha value is -2.43. The van der Waals surface area contributed by atoms with E-state index in [2.05, 4.69) is 10.3 Å². The molecule has 1 aromatic carbocycles. The lowest BCUT2D eigenvalue weighted by Crippen LogP contribution is -2.51. The molecule has 1 saturated heterocycles. The van der Waals surface area contributed by atoms with Gasteiger partial charge in [-0.1, -0.05) is 12.1 Å². The fraction of sp³-hybridized carbons (Fsp3) is 0.421. The number of nitrogens with one attached hydrogen (secondary N) is 1. The van der Waals surface area contributed by atoms with Crippen molar-refractivity contribution in [2.24, 2.45) is 0 Å². The minimum Gasteiger partial charge on any atom is -0.357 e. The molecule has 2 aromatic rings. The maximum absolute atomic E-state index is 13.1. The van der Waals surface area contributed by atoms with Crippen LogP contribution in [-0.2, 0) is 4.79 Å². The van der Waals surface area contributed by atoms with Crippen molar-refractivity contribution in [1.29, 1.82) is 0 Å². The van der Waals surface area contributed by atoms with Crippen molar-refractivity contribution in [1.82, 2.24) is 15.2 Å². The Bertz CT molecular complexity index is 801. The van der Waals surface area contributed by atoms with Crippen LogP contribution in [0.3, 0.4) is 0 Å². The summed E-state index contributed by atoms with van der Waals surface area (Å²) in [5, 5.41) is 3.62. The van der Waals surface area contributed by atoms with Gasteiger partial charge >= 0.3 is 0 Å². The lowest BCUT2D eigenvalue weighted by Gasteiger charge is -2.34. The fourth-order valence-corrected chi connectivity index (χ4v) is 3.36. The fourth-order valence-electron chi connectivity index (χ4n) is 3.36. The van der Waals surface area contributed by atoms with E-state index in [1.165, 1.54) is 0 Å². The predicted octanol–water partition coefficient (Wildman–Crippen LogP) is 2.59. The number of fused-ring (bicyclic) bond motifs is 1. The van der Waals surface area contributed by atoms with Gasteiger partial charge in [-0.15, -0.1) is 0 Å². The normalized spacial score (nSPS) is 17.8. The number of likely N-dealkylation sites (N-methyl/N-ethyl adjacent to an activating group) is 1. The maximum atomic E-state index is 13.1. The summed E-state index contributed by atoms with van der Waals surface area (Å²) in [4.78, 5) is 31.5. The average molecular weight is 325 g/mol. The van der Waals surface area contributed by atoms with Gasteiger partial charge in [0.25, 0.3) is 5.91 Å². The van der Waals surface area contributed by atoms with Crippen molar-refractivity contribution in [3.05, 3.63) is 41.1 Å². The van der Waals surface area contributed by atoms with Crippen LogP contribution in [0, 0.1) is 13.8 Å². The summed E-state index contributed by atoms with van der Waals surface area (Å²) in [6, 6.07) is 7.53. The first-order valence-electron chi connectivity index (χ1n) is 8.42. The van der Waals surface area contributed by atoms with E-state index in [0.717, 1.165) is 29.3 Å². The van der Waals surface area contributed by atoms with E-state index >= 15 is 0 Å². The standard InChI is InChI=1S/C19H23N3O2/c1-12-7-8-14-11-15(13(2)21-16(14)10-12)19(24)22-9-5-4-6-17(22)18(23)20-3/h7-8,10-11,17H,4-6,9H2,1-3H3,(H,20,23)/t17-/m1/s1. The second-order valence-corrected chi connectivity index (χ2v) is 6.44. The number of piperidine rings is 1. The Morgan fingerprint density at radius 1 is 1.21 bits per heavy atom. The van der Waals surface area contributed by atoms with Crippen LogP contribution in [0.5, 0.6) is 0 Å². The Morgan fingerprint density at radius 2 is 2.00 bits per heavy atom. The number of benzene rings is 1. The average Bonchev–Trinajstić information content (AvgIpc) is 2.59. The maximum Gasteiger partial charge on any atom is 0.256 e. The molecule has 1 aliphatic heterocycles. The van der Waals surface area contributed by atoms with Gasteiger partial charge in [-0.25, -0.2) is 0 Å². The van der Waals surface area contributed by atoms with Gasteiger partial charge in [0.1, 0.15) is 6.04 Å². The van der Waals surface area contributed by atoms with Gasteiger partial charge < -0.3 is 10.2 Å². The van der Waals surface area contributed by atoms with E-state index in [4.69, 9.17) is 0 Å². The second kappa shape index (κ2) is 6.59. The first kappa shape index (κ1) is 16.4. The molecular weight excluding hydrogens is 302 g/mol. The van der Waals surface area contributed by atoms with Crippen LogP contribution < -0.4 is 5.32 Å². The third-order valence-corrected chi connectivity index (χ3v) is 4.71. The molecule has 0 aliphatic carbocycles. The third kappa shape index (κ3) is 2.98. The number of nitrogens with zero attached hydrogens (tertiary/aromatic N) is 2. The van der Waals surface area contributed by atoms with Crippen molar-refractivity contribution in [3.63, 3.8) is 0 Å².